The van der Waals surface area contributed by atoms with Crippen LogP contribution in [0.3, 0.4) is 0 Å². The Labute approximate surface area is 197 Å². The first-order chi connectivity index (χ1) is 14.7. The van der Waals surface area contributed by atoms with Gasteiger partial charge in [0, 0.05) is 17.3 Å². The number of carbonyl (C=O) groups excluding carboxylic acids is 1. The second-order valence-electron chi connectivity index (χ2n) is 14.6. The molecule has 0 spiro atoms. The SMILES string of the molecule is C=C(C)C1CC[C@]2(C)CC[C@]3(C)[C@H](CCC4[C@]5(C)C(CC[C@]43C)C(C)(C)C(=O)C[C@H]5O)C12. The van der Waals surface area contributed by atoms with E-state index >= 15 is 0 Å². The zero-order chi connectivity index (χ0) is 23.5. The smallest absolute Gasteiger partial charge is 0.141 e. The summed E-state index contributed by atoms with van der Waals surface area (Å²) in [6, 6.07) is 0. The lowest BCUT2D eigenvalue weighted by atomic mass is 9.32. The number of ketones is 1. The Balaban J connectivity index is 1.57. The third-order valence-corrected chi connectivity index (χ3v) is 13.3. The summed E-state index contributed by atoms with van der Waals surface area (Å²) in [4.78, 5) is 12.9. The van der Waals surface area contributed by atoms with Gasteiger partial charge in [-0.1, -0.05) is 53.7 Å². The molecule has 5 fully saturated rings. The minimum atomic E-state index is -0.485. The van der Waals surface area contributed by atoms with Gasteiger partial charge in [-0.15, -0.1) is 0 Å². The van der Waals surface area contributed by atoms with Crippen LogP contribution in [0.5, 0.6) is 0 Å². The average Bonchev–Trinajstić information content (AvgIpc) is 3.05. The molecular weight excluding hydrogens is 392 g/mol. The molecule has 0 saturated heterocycles. The van der Waals surface area contributed by atoms with Crippen molar-refractivity contribution in [1.82, 2.24) is 0 Å². The first-order valence-electron chi connectivity index (χ1n) is 13.6. The summed E-state index contributed by atoms with van der Waals surface area (Å²) in [5.41, 5.74) is 1.99. The van der Waals surface area contributed by atoms with E-state index in [1.807, 2.05) is 0 Å². The van der Waals surface area contributed by atoms with Crippen LogP contribution >= 0.6 is 0 Å². The van der Waals surface area contributed by atoms with E-state index in [-0.39, 0.29) is 22.0 Å². The lowest BCUT2D eigenvalue weighted by Crippen LogP contribution is -2.69. The van der Waals surface area contributed by atoms with Crippen molar-refractivity contribution in [2.45, 2.75) is 112 Å². The summed E-state index contributed by atoms with van der Waals surface area (Å²) in [6.45, 7) is 21.3. The molecule has 10 atom stereocenters. The van der Waals surface area contributed by atoms with E-state index in [9.17, 15) is 9.90 Å². The van der Waals surface area contributed by atoms with Crippen molar-refractivity contribution in [3.63, 3.8) is 0 Å². The maximum Gasteiger partial charge on any atom is 0.141 e. The largest absolute Gasteiger partial charge is 0.392 e. The second kappa shape index (κ2) is 6.73. The standard InChI is InChI=1S/C30H48O2/c1-18(2)19-11-13-27(5)15-16-28(6)20(25(19)27)9-10-22-29(28,7)14-12-21-26(3,4)23(31)17-24(32)30(21,22)8/h19-22,24-25,32H,1,9-17H2,2-8H3/t19?,20-,21?,22?,24-,25?,27-,28-,29-,30+/m1/s1. The van der Waals surface area contributed by atoms with Gasteiger partial charge in [0.15, 0.2) is 0 Å². The quantitative estimate of drug-likeness (QED) is 0.438. The third kappa shape index (κ3) is 2.55. The summed E-state index contributed by atoms with van der Waals surface area (Å²) >= 11 is 0. The van der Waals surface area contributed by atoms with Crippen molar-refractivity contribution < 1.29 is 9.90 Å². The summed E-state index contributed by atoms with van der Waals surface area (Å²) in [6.07, 6.45) is 10.1. The molecule has 0 aromatic rings. The van der Waals surface area contributed by atoms with Gasteiger partial charge in [0.25, 0.3) is 0 Å². The molecule has 0 aromatic carbocycles. The van der Waals surface area contributed by atoms with Crippen molar-refractivity contribution in [3.05, 3.63) is 12.2 Å². The molecule has 0 heterocycles. The van der Waals surface area contributed by atoms with Gasteiger partial charge in [0.2, 0.25) is 0 Å². The van der Waals surface area contributed by atoms with Crippen LogP contribution < -0.4 is 0 Å². The van der Waals surface area contributed by atoms with Gasteiger partial charge in [-0.05, 0) is 104 Å². The van der Waals surface area contributed by atoms with E-state index in [2.05, 4.69) is 55.0 Å². The molecule has 5 aliphatic carbocycles. The number of hydrogen-bond donors (Lipinski definition) is 1. The van der Waals surface area contributed by atoms with Gasteiger partial charge in [-0.25, -0.2) is 0 Å². The predicted octanol–water partition coefficient (Wildman–Crippen LogP) is 7.20. The molecular formula is C30H48O2. The second-order valence-corrected chi connectivity index (χ2v) is 14.6. The normalized spacial score (nSPS) is 56.6. The highest BCUT2D eigenvalue weighted by Crippen LogP contribution is 2.77. The van der Waals surface area contributed by atoms with Crippen molar-refractivity contribution in [1.29, 1.82) is 0 Å². The van der Waals surface area contributed by atoms with E-state index < -0.39 is 6.10 Å². The van der Waals surface area contributed by atoms with Crippen molar-refractivity contribution in [3.8, 4) is 0 Å². The molecule has 5 aliphatic rings. The fourth-order valence-corrected chi connectivity index (χ4v) is 11.2. The maximum absolute atomic E-state index is 12.9. The van der Waals surface area contributed by atoms with E-state index in [0.29, 0.717) is 35.0 Å². The van der Waals surface area contributed by atoms with Crippen LogP contribution in [0.4, 0.5) is 0 Å². The Hall–Kier alpha value is -0.630. The Kier molecular flexibility index (Phi) is 4.87. The number of fused-ring (bicyclic) bond motifs is 7. The Bertz CT molecular complexity index is 842. The van der Waals surface area contributed by atoms with Gasteiger partial charge >= 0.3 is 0 Å². The zero-order valence-corrected chi connectivity index (χ0v) is 21.9. The van der Waals surface area contributed by atoms with Crippen LogP contribution in [-0.4, -0.2) is 17.0 Å². The average molecular weight is 441 g/mol. The Morgan fingerprint density at radius 3 is 2.22 bits per heavy atom. The minimum Gasteiger partial charge on any atom is -0.392 e. The number of hydrogen-bond acceptors (Lipinski definition) is 2. The fourth-order valence-electron chi connectivity index (χ4n) is 11.2. The molecule has 2 heteroatoms. The first kappa shape index (κ1) is 23.1. The fraction of sp³-hybridized carbons (Fsp3) is 0.900. The lowest BCUT2D eigenvalue weighted by Gasteiger charge is -2.72. The van der Waals surface area contributed by atoms with E-state index in [0.717, 1.165) is 18.3 Å². The summed E-state index contributed by atoms with van der Waals surface area (Å²) in [7, 11) is 0. The molecule has 0 aliphatic heterocycles. The zero-order valence-electron chi connectivity index (χ0n) is 21.9. The molecule has 0 aromatic heterocycles. The van der Waals surface area contributed by atoms with Crippen LogP contribution in [0.25, 0.3) is 0 Å². The van der Waals surface area contributed by atoms with Crippen molar-refractivity contribution >= 4 is 5.78 Å². The highest BCUT2D eigenvalue weighted by atomic mass is 16.3. The maximum atomic E-state index is 12.9. The Morgan fingerprint density at radius 2 is 1.56 bits per heavy atom. The summed E-state index contributed by atoms with van der Waals surface area (Å²) in [5, 5.41) is 11.5. The van der Waals surface area contributed by atoms with Crippen LogP contribution in [-0.2, 0) is 4.79 Å². The van der Waals surface area contributed by atoms with Crippen LogP contribution in [0, 0.1) is 56.7 Å². The van der Waals surface area contributed by atoms with Crippen LogP contribution in [0.2, 0.25) is 0 Å². The molecule has 32 heavy (non-hydrogen) atoms. The Morgan fingerprint density at radius 1 is 0.875 bits per heavy atom. The number of aliphatic hydroxyl groups excluding tert-OH is 1. The molecule has 1 N–H and O–H groups in total. The number of aliphatic hydroxyl groups is 1. The summed E-state index contributed by atoms with van der Waals surface area (Å²) in [5.74, 6) is 3.31. The molecule has 2 nitrogen and oxygen atoms in total. The van der Waals surface area contributed by atoms with Crippen molar-refractivity contribution in [2.24, 2.45) is 56.7 Å². The van der Waals surface area contributed by atoms with E-state index in [4.69, 9.17) is 0 Å². The molecule has 4 unspecified atom stereocenters. The van der Waals surface area contributed by atoms with Gasteiger partial charge in [0.05, 0.1) is 6.10 Å². The topological polar surface area (TPSA) is 37.3 Å². The van der Waals surface area contributed by atoms with Crippen molar-refractivity contribution in [2.75, 3.05) is 0 Å². The molecule has 5 rings (SSSR count). The van der Waals surface area contributed by atoms with Crippen LogP contribution in [0.15, 0.2) is 12.2 Å². The monoisotopic (exact) mass is 440 g/mol. The molecule has 0 bridgehead atoms. The number of allylic oxidation sites excluding steroid dienone is 1. The molecule has 5 saturated carbocycles. The molecule has 0 amide bonds. The van der Waals surface area contributed by atoms with Crippen LogP contribution in [0.1, 0.15) is 106 Å². The number of rotatable bonds is 1. The lowest BCUT2D eigenvalue weighted by molar-refractivity contribution is -0.254. The van der Waals surface area contributed by atoms with Gasteiger partial charge in [-0.3, -0.25) is 4.79 Å². The van der Waals surface area contributed by atoms with Gasteiger partial charge in [0.1, 0.15) is 5.78 Å². The highest BCUT2D eigenvalue weighted by Gasteiger charge is 2.71. The molecule has 0 radical (unpaired) electrons. The van der Waals surface area contributed by atoms with E-state index in [1.54, 1.807) is 0 Å². The molecule has 180 valence electrons. The highest BCUT2D eigenvalue weighted by molar-refractivity contribution is 5.86. The first-order valence-corrected chi connectivity index (χ1v) is 13.6. The van der Waals surface area contributed by atoms with Gasteiger partial charge < -0.3 is 5.11 Å². The number of carbonyl (C=O) groups is 1. The minimum absolute atomic E-state index is 0.150. The summed E-state index contributed by atoms with van der Waals surface area (Å²) < 4.78 is 0. The van der Waals surface area contributed by atoms with Gasteiger partial charge in [-0.2, -0.15) is 0 Å². The third-order valence-electron chi connectivity index (χ3n) is 13.3. The van der Waals surface area contributed by atoms with E-state index in [1.165, 1.54) is 50.5 Å². The predicted molar refractivity (Wildman–Crippen MR) is 131 cm³/mol. The number of Topliss-reactive ketones (excluding diaryl/α,β-unsaturated/α-hetero) is 1.